The Labute approximate surface area is 120 Å². The molecule has 0 radical (unpaired) electrons. The van der Waals surface area contributed by atoms with E-state index < -0.39 is 15.8 Å². The molecule has 0 heterocycles. The first-order chi connectivity index (χ1) is 8.99. The molecule has 0 saturated heterocycles. The van der Waals surface area contributed by atoms with Crippen molar-refractivity contribution in [3.8, 4) is 0 Å². The van der Waals surface area contributed by atoms with E-state index in [9.17, 15) is 13.2 Å². The van der Waals surface area contributed by atoms with Crippen LogP contribution < -0.4 is 5.73 Å². The average molecular weight is 299 g/mol. The number of hydrogen-bond acceptors (Lipinski definition) is 5. The number of rotatable bonds is 4. The van der Waals surface area contributed by atoms with E-state index in [0.29, 0.717) is 0 Å². The molecule has 1 aromatic rings. The lowest BCUT2D eigenvalue weighted by Gasteiger charge is -2.17. The lowest BCUT2D eigenvalue weighted by molar-refractivity contribution is 0.0464. The molecule has 0 aliphatic carbocycles. The molecule has 0 fully saturated rings. The predicted molar refractivity (Wildman–Crippen MR) is 78.3 cm³/mol. The van der Waals surface area contributed by atoms with Crippen molar-refractivity contribution in [1.29, 1.82) is 0 Å². The molecular weight excluding hydrogens is 278 g/mol. The Kier molecular flexibility index (Phi) is 4.81. The van der Waals surface area contributed by atoms with E-state index in [1.807, 2.05) is 20.8 Å². The molecule has 6 heteroatoms. The molecule has 20 heavy (non-hydrogen) atoms. The van der Waals surface area contributed by atoms with Gasteiger partial charge in [-0.3, -0.25) is 0 Å². The predicted octanol–water partition coefficient (Wildman–Crippen LogP) is 2.27. The first-order valence-electron chi connectivity index (χ1n) is 6.27. The highest BCUT2D eigenvalue weighted by molar-refractivity contribution is 7.90. The molecule has 112 valence electrons. The number of carbonyl (C=O) groups excluding carboxylic acids is 1. The normalized spacial score (nSPS) is 12.2. The first-order valence-corrected chi connectivity index (χ1v) is 8.16. The van der Waals surface area contributed by atoms with Crippen LogP contribution in [0.2, 0.25) is 0 Å². The van der Waals surface area contributed by atoms with Gasteiger partial charge in [-0.05, 0) is 30.0 Å². The monoisotopic (exact) mass is 299 g/mol. The molecule has 1 rings (SSSR count). The minimum atomic E-state index is -3.41. The Bertz CT molecular complexity index is 600. The van der Waals surface area contributed by atoms with Gasteiger partial charge in [-0.25, -0.2) is 13.2 Å². The van der Waals surface area contributed by atoms with Crippen molar-refractivity contribution in [2.75, 3.05) is 18.6 Å². The van der Waals surface area contributed by atoms with Gasteiger partial charge in [-0.1, -0.05) is 20.8 Å². The van der Waals surface area contributed by atoms with Gasteiger partial charge in [0, 0.05) is 11.9 Å². The van der Waals surface area contributed by atoms with Crippen molar-refractivity contribution in [3.05, 3.63) is 23.8 Å². The van der Waals surface area contributed by atoms with Crippen LogP contribution >= 0.6 is 0 Å². The number of carbonyl (C=O) groups is 1. The van der Waals surface area contributed by atoms with Crippen molar-refractivity contribution in [2.45, 2.75) is 32.1 Å². The van der Waals surface area contributed by atoms with Gasteiger partial charge in [0.25, 0.3) is 0 Å². The number of sulfone groups is 1. The van der Waals surface area contributed by atoms with Gasteiger partial charge >= 0.3 is 5.97 Å². The molecule has 0 aromatic heterocycles. The third-order valence-corrected chi connectivity index (χ3v) is 3.77. The summed E-state index contributed by atoms with van der Waals surface area (Å²) in [6.07, 6.45) is 1.79. The van der Waals surface area contributed by atoms with Crippen LogP contribution in [-0.2, 0) is 14.6 Å². The van der Waals surface area contributed by atoms with E-state index in [4.69, 9.17) is 10.5 Å². The average Bonchev–Trinajstić information content (AvgIpc) is 2.25. The van der Waals surface area contributed by atoms with Crippen molar-refractivity contribution in [2.24, 2.45) is 5.41 Å². The molecule has 0 spiro atoms. The van der Waals surface area contributed by atoms with E-state index in [1.165, 1.54) is 18.2 Å². The Morgan fingerprint density at radius 3 is 2.35 bits per heavy atom. The van der Waals surface area contributed by atoms with Crippen molar-refractivity contribution < 1.29 is 17.9 Å². The Balaban J connectivity index is 2.86. The maximum Gasteiger partial charge on any atom is 0.338 e. The Morgan fingerprint density at radius 1 is 1.25 bits per heavy atom. The van der Waals surface area contributed by atoms with Gasteiger partial charge in [0.1, 0.15) is 0 Å². The number of nitrogens with two attached hydrogens (primary N) is 1. The number of hydrogen-bond donors (Lipinski definition) is 1. The molecule has 2 N–H and O–H groups in total. The number of benzene rings is 1. The van der Waals surface area contributed by atoms with Crippen LogP contribution in [0.3, 0.4) is 0 Å². The summed E-state index contributed by atoms with van der Waals surface area (Å²) in [5.41, 5.74) is 6.05. The maximum absolute atomic E-state index is 11.9. The van der Waals surface area contributed by atoms with Crippen molar-refractivity contribution in [1.82, 2.24) is 0 Å². The second kappa shape index (κ2) is 5.83. The second-order valence-corrected chi connectivity index (χ2v) is 8.03. The van der Waals surface area contributed by atoms with Gasteiger partial charge < -0.3 is 10.5 Å². The van der Waals surface area contributed by atoms with Crippen LogP contribution in [0.5, 0.6) is 0 Å². The molecule has 0 amide bonds. The minimum absolute atomic E-state index is 0.0141. The van der Waals surface area contributed by atoms with Crippen LogP contribution in [0, 0.1) is 5.41 Å². The molecule has 0 aliphatic rings. The van der Waals surface area contributed by atoms with Crippen LogP contribution in [0.25, 0.3) is 0 Å². The van der Waals surface area contributed by atoms with Crippen molar-refractivity contribution in [3.63, 3.8) is 0 Å². The fourth-order valence-electron chi connectivity index (χ4n) is 1.49. The number of nitrogen functional groups attached to an aromatic ring is 1. The molecule has 1 aromatic carbocycles. The van der Waals surface area contributed by atoms with Gasteiger partial charge in [-0.2, -0.15) is 0 Å². The highest BCUT2D eigenvalue weighted by Crippen LogP contribution is 2.20. The topological polar surface area (TPSA) is 86.5 Å². The molecule has 0 atom stereocenters. The second-order valence-electron chi connectivity index (χ2n) is 6.01. The fraction of sp³-hybridized carbons (Fsp3) is 0.500. The summed E-state index contributed by atoms with van der Waals surface area (Å²) >= 11 is 0. The molecular formula is C14H21NO4S. The highest BCUT2D eigenvalue weighted by Gasteiger charge is 2.16. The maximum atomic E-state index is 11.9. The molecule has 5 nitrogen and oxygen atoms in total. The van der Waals surface area contributed by atoms with Crippen molar-refractivity contribution >= 4 is 21.5 Å². The van der Waals surface area contributed by atoms with Crippen LogP contribution in [-0.4, -0.2) is 27.2 Å². The number of anilines is 1. The fourth-order valence-corrected chi connectivity index (χ4v) is 2.18. The van der Waals surface area contributed by atoms with E-state index in [1.54, 1.807) is 0 Å². The van der Waals surface area contributed by atoms with E-state index >= 15 is 0 Å². The number of esters is 1. The van der Waals surface area contributed by atoms with Crippen LogP contribution in [0.4, 0.5) is 5.69 Å². The molecule has 0 aliphatic heterocycles. The van der Waals surface area contributed by atoms with Gasteiger partial charge in [0.2, 0.25) is 0 Å². The van der Waals surface area contributed by atoms with E-state index in [-0.39, 0.29) is 28.2 Å². The minimum Gasteiger partial charge on any atom is -0.462 e. The lowest BCUT2D eigenvalue weighted by atomic mass is 9.93. The van der Waals surface area contributed by atoms with Gasteiger partial charge in [-0.15, -0.1) is 0 Å². The SMILES string of the molecule is CC(C)(C)CCOC(=O)c1cc(N)cc(S(C)(=O)=O)c1. The molecule has 0 unspecified atom stereocenters. The summed E-state index contributed by atoms with van der Waals surface area (Å²) in [4.78, 5) is 11.9. The lowest BCUT2D eigenvalue weighted by Crippen LogP contribution is -2.14. The first kappa shape index (κ1) is 16.5. The quantitative estimate of drug-likeness (QED) is 0.680. The zero-order chi connectivity index (χ0) is 15.6. The summed E-state index contributed by atoms with van der Waals surface area (Å²) in [5, 5.41) is 0. The summed E-state index contributed by atoms with van der Waals surface area (Å²) in [5.74, 6) is -0.563. The number of ether oxygens (including phenoxy) is 1. The Morgan fingerprint density at radius 2 is 1.85 bits per heavy atom. The van der Waals surface area contributed by atoms with Crippen LogP contribution in [0.15, 0.2) is 23.1 Å². The van der Waals surface area contributed by atoms with E-state index in [2.05, 4.69) is 0 Å². The largest absolute Gasteiger partial charge is 0.462 e. The van der Waals surface area contributed by atoms with Crippen LogP contribution in [0.1, 0.15) is 37.6 Å². The van der Waals surface area contributed by atoms with E-state index in [0.717, 1.165) is 12.7 Å². The highest BCUT2D eigenvalue weighted by atomic mass is 32.2. The van der Waals surface area contributed by atoms with Gasteiger partial charge in [0.15, 0.2) is 9.84 Å². The molecule has 0 bridgehead atoms. The smallest absolute Gasteiger partial charge is 0.338 e. The third-order valence-electron chi connectivity index (χ3n) is 2.68. The van der Waals surface area contributed by atoms with Gasteiger partial charge in [0.05, 0.1) is 17.1 Å². The Hall–Kier alpha value is -1.56. The molecule has 0 saturated carbocycles. The summed E-state index contributed by atoms with van der Waals surface area (Å²) < 4.78 is 28.1. The standard InChI is InChI=1S/C14H21NO4S/c1-14(2,3)5-6-19-13(16)10-7-11(15)9-12(8-10)20(4,17)18/h7-9H,5-6,15H2,1-4H3. The zero-order valence-electron chi connectivity index (χ0n) is 12.3. The summed E-state index contributed by atoms with van der Waals surface area (Å²) in [6, 6.07) is 4.01. The summed E-state index contributed by atoms with van der Waals surface area (Å²) in [6.45, 7) is 6.42. The zero-order valence-corrected chi connectivity index (χ0v) is 13.1. The third kappa shape index (κ3) is 5.21. The summed E-state index contributed by atoms with van der Waals surface area (Å²) in [7, 11) is -3.41.